The van der Waals surface area contributed by atoms with Crippen molar-refractivity contribution >= 4 is 5.84 Å². The van der Waals surface area contributed by atoms with E-state index in [2.05, 4.69) is 15.5 Å². The molecule has 0 spiro atoms. The maximum absolute atomic E-state index is 14.9. The van der Waals surface area contributed by atoms with Crippen molar-refractivity contribution < 1.29 is 26.7 Å². The second-order valence-corrected chi connectivity index (χ2v) is 8.72. The average molecular weight is 488 g/mol. The van der Waals surface area contributed by atoms with Crippen molar-refractivity contribution in [1.82, 2.24) is 10.4 Å². The van der Waals surface area contributed by atoms with Gasteiger partial charge in [-0.2, -0.15) is 18.3 Å². The normalized spacial score (nSPS) is 18.7. The lowest BCUT2D eigenvalue weighted by Gasteiger charge is -2.17. The molecule has 1 saturated carbocycles. The molecule has 3 N–H and O–H groups in total. The highest BCUT2D eigenvalue weighted by Crippen LogP contribution is 2.56. The Morgan fingerprint density at radius 1 is 1.14 bits per heavy atom. The predicted octanol–water partition coefficient (Wildman–Crippen LogP) is 5.12. The summed E-state index contributed by atoms with van der Waals surface area (Å²) in [6, 6.07) is 6.59. The fraction of sp³-hybridized carbons (Fsp3) is 0.280. The van der Waals surface area contributed by atoms with Gasteiger partial charge in [0.05, 0.1) is 5.56 Å². The van der Waals surface area contributed by atoms with Crippen LogP contribution >= 0.6 is 0 Å². The lowest BCUT2D eigenvalue weighted by molar-refractivity contribution is -0.137. The molecule has 182 valence electrons. The van der Waals surface area contributed by atoms with E-state index in [1.807, 2.05) is 0 Å². The molecule has 2 aliphatic rings. The molecule has 1 fully saturated rings. The molecule has 1 aromatic heterocycles. The van der Waals surface area contributed by atoms with Crippen LogP contribution in [0.25, 0.3) is 11.1 Å². The molecule has 0 aliphatic heterocycles. The number of nitrogens with two attached hydrogens (primary N) is 1. The number of ether oxygens (including phenoxy) is 1. The van der Waals surface area contributed by atoms with Gasteiger partial charge in [-0.25, -0.2) is 13.8 Å². The van der Waals surface area contributed by atoms with E-state index in [9.17, 15) is 22.0 Å². The summed E-state index contributed by atoms with van der Waals surface area (Å²) in [6.45, 7) is -0.364. The van der Waals surface area contributed by atoms with Crippen molar-refractivity contribution in [2.45, 2.75) is 31.5 Å². The van der Waals surface area contributed by atoms with Gasteiger partial charge in [0, 0.05) is 36.0 Å². The third-order valence-electron chi connectivity index (χ3n) is 6.46. The van der Waals surface area contributed by atoms with Gasteiger partial charge >= 0.3 is 6.18 Å². The minimum absolute atomic E-state index is 0.0404. The molecule has 2 aromatic carbocycles. The van der Waals surface area contributed by atoms with Gasteiger partial charge in [-0.1, -0.05) is 12.1 Å². The van der Waals surface area contributed by atoms with E-state index in [4.69, 9.17) is 10.5 Å². The van der Waals surface area contributed by atoms with Crippen molar-refractivity contribution in [3.63, 3.8) is 0 Å². The highest BCUT2D eigenvalue weighted by atomic mass is 19.4. The van der Waals surface area contributed by atoms with Crippen molar-refractivity contribution in [3.8, 4) is 17.0 Å². The number of alkyl halides is 3. The molecule has 2 atom stereocenters. The van der Waals surface area contributed by atoms with Crippen LogP contribution in [0.1, 0.15) is 40.2 Å². The van der Waals surface area contributed by atoms with Crippen LogP contribution in [0.4, 0.5) is 22.0 Å². The van der Waals surface area contributed by atoms with Gasteiger partial charge < -0.3 is 15.9 Å². The van der Waals surface area contributed by atoms with Crippen molar-refractivity contribution in [1.29, 1.82) is 0 Å². The first kappa shape index (κ1) is 23.1. The molecule has 2 aliphatic carbocycles. The lowest BCUT2D eigenvalue weighted by Crippen LogP contribution is -2.17. The molecule has 2 unspecified atom stereocenters. The predicted molar refractivity (Wildman–Crippen MR) is 120 cm³/mol. The zero-order valence-corrected chi connectivity index (χ0v) is 18.6. The van der Waals surface area contributed by atoms with Crippen LogP contribution in [0.2, 0.25) is 0 Å². The molecule has 10 heteroatoms. The van der Waals surface area contributed by atoms with Gasteiger partial charge in [-0.15, -0.1) is 0 Å². The summed E-state index contributed by atoms with van der Waals surface area (Å²) in [6.07, 6.45) is -1.05. The van der Waals surface area contributed by atoms with Crippen molar-refractivity contribution in [2.24, 2.45) is 16.8 Å². The summed E-state index contributed by atoms with van der Waals surface area (Å²) < 4.78 is 76.4. The number of nitrogens with zero attached hydrogens (tertiary/aromatic N) is 2. The smallest absolute Gasteiger partial charge is 0.417 e. The minimum Gasteiger partial charge on any atom is -0.473 e. The van der Waals surface area contributed by atoms with Crippen LogP contribution < -0.4 is 15.9 Å². The summed E-state index contributed by atoms with van der Waals surface area (Å²) in [4.78, 5) is 4.25. The van der Waals surface area contributed by atoms with E-state index in [0.717, 1.165) is 30.2 Å². The average Bonchev–Trinajstić information content (AvgIpc) is 3.48. The lowest BCUT2D eigenvalue weighted by atomic mass is 9.95. The molecule has 1 heterocycles. The summed E-state index contributed by atoms with van der Waals surface area (Å²) in [5, 5.41) is 3.73. The summed E-state index contributed by atoms with van der Waals surface area (Å²) in [7, 11) is 1.50. The number of nitrogens with one attached hydrogen (secondary N) is 1. The number of hydrogen-bond donors (Lipinski definition) is 2. The van der Waals surface area contributed by atoms with E-state index >= 15 is 0 Å². The standard InChI is InChI=1S/C25H21F5N4O/c1-32-34-24(31)12-2-3-16(22(27)7-12)18-6-15(21(26)9-20(18)25(28,29)30)11-35-23-8-14-4-13-5-17(13)19(14)10-33-23/h2-3,6-10,13,17,32H,4-5,11H2,1H3,(H2,31,34). The molecule has 5 rings (SSSR count). The van der Waals surface area contributed by atoms with E-state index in [1.165, 1.54) is 25.1 Å². The maximum Gasteiger partial charge on any atom is 0.417 e. The number of fused-ring (bicyclic) bond motifs is 3. The van der Waals surface area contributed by atoms with Gasteiger partial charge in [0.25, 0.3) is 0 Å². The van der Waals surface area contributed by atoms with Gasteiger partial charge in [-0.3, -0.25) is 0 Å². The van der Waals surface area contributed by atoms with E-state index in [0.29, 0.717) is 17.9 Å². The zero-order valence-electron chi connectivity index (χ0n) is 18.6. The van der Waals surface area contributed by atoms with Crippen LogP contribution in [-0.2, 0) is 19.2 Å². The fourth-order valence-corrected chi connectivity index (χ4v) is 4.63. The number of hydrogen-bond acceptors (Lipinski definition) is 4. The number of amidine groups is 1. The van der Waals surface area contributed by atoms with Gasteiger partial charge in [0.1, 0.15) is 18.2 Å². The van der Waals surface area contributed by atoms with E-state index in [-0.39, 0.29) is 35.0 Å². The largest absolute Gasteiger partial charge is 0.473 e. The SMILES string of the molecule is CN/N=C(\N)c1ccc(-c2cc(COc3cc4c(cn3)C3CC3C4)c(F)cc2C(F)(F)F)c(F)c1. The van der Waals surface area contributed by atoms with Gasteiger partial charge in [0.2, 0.25) is 5.88 Å². The molecule has 0 saturated heterocycles. The summed E-state index contributed by atoms with van der Waals surface area (Å²) in [5.74, 6) is -0.631. The van der Waals surface area contributed by atoms with Crippen molar-refractivity contribution in [2.75, 3.05) is 7.05 Å². The van der Waals surface area contributed by atoms with Crippen LogP contribution in [0.15, 0.2) is 47.7 Å². The van der Waals surface area contributed by atoms with Crippen molar-refractivity contribution in [3.05, 3.63) is 82.0 Å². The first-order valence-electron chi connectivity index (χ1n) is 11.0. The van der Waals surface area contributed by atoms with Crippen LogP contribution in [0, 0.1) is 17.6 Å². The second-order valence-electron chi connectivity index (χ2n) is 8.72. The van der Waals surface area contributed by atoms with E-state index in [1.54, 1.807) is 12.3 Å². The first-order valence-corrected chi connectivity index (χ1v) is 11.0. The van der Waals surface area contributed by atoms with Crippen LogP contribution in [0.5, 0.6) is 5.88 Å². The fourth-order valence-electron chi connectivity index (χ4n) is 4.63. The molecular formula is C25H21F5N4O. The number of pyridine rings is 1. The zero-order chi connectivity index (χ0) is 24.9. The Bertz CT molecular complexity index is 1340. The number of hydrazone groups is 1. The maximum atomic E-state index is 14.9. The Balaban J connectivity index is 1.47. The first-order chi connectivity index (χ1) is 16.7. The third-order valence-corrected chi connectivity index (χ3v) is 6.46. The van der Waals surface area contributed by atoms with E-state index < -0.39 is 28.9 Å². The highest BCUT2D eigenvalue weighted by molar-refractivity contribution is 5.97. The summed E-state index contributed by atoms with van der Waals surface area (Å²) in [5.41, 5.74) is 8.37. The molecule has 0 amide bonds. The Hall–Kier alpha value is -3.69. The topological polar surface area (TPSA) is 72.5 Å². The Morgan fingerprint density at radius 3 is 2.66 bits per heavy atom. The number of benzene rings is 2. The molecule has 0 radical (unpaired) electrons. The highest BCUT2D eigenvalue weighted by Gasteiger charge is 2.45. The quantitative estimate of drug-likeness (QED) is 0.219. The van der Waals surface area contributed by atoms with Gasteiger partial charge in [-0.05, 0) is 59.6 Å². The molecule has 0 bridgehead atoms. The molecule has 3 aromatic rings. The minimum atomic E-state index is -4.91. The van der Waals surface area contributed by atoms with Crippen LogP contribution in [-0.4, -0.2) is 17.9 Å². The Labute approximate surface area is 197 Å². The Morgan fingerprint density at radius 2 is 1.94 bits per heavy atom. The second kappa shape index (κ2) is 8.51. The third kappa shape index (κ3) is 4.40. The number of halogens is 5. The molecular weight excluding hydrogens is 467 g/mol. The number of aromatic nitrogens is 1. The number of rotatable bonds is 6. The molecule has 5 nitrogen and oxygen atoms in total. The monoisotopic (exact) mass is 488 g/mol. The Kier molecular flexibility index (Phi) is 5.61. The molecule has 35 heavy (non-hydrogen) atoms. The van der Waals surface area contributed by atoms with Gasteiger partial charge in [0.15, 0.2) is 5.84 Å². The van der Waals surface area contributed by atoms with Crippen LogP contribution in [0.3, 0.4) is 0 Å². The summed E-state index contributed by atoms with van der Waals surface area (Å²) >= 11 is 0.